The summed E-state index contributed by atoms with van der Waals surface area (Å²) in [5.74, 6) is 0.259. The van der Waals surface area contributed by atoms with Gasteiger partial charge in [-0.3, -0.25) is 4.79 Å². The van der Waals surface area contributed by atoms with Crippen LogP contribution in [0.4, 0.5) is 0 Å². The molecule has 2 heterocycles. The van der Waals surface area contributed by atoms with E-state index >= 15 is 0 Å². The van der Waals surface area contributed by atoms with Crippen molar-refractivity contribution in [1.82, 2.24) is 10.3 Å². The molecule has 0 aliphatic rings. The summed E-state index contributed by atoms with van der Waals surface area (Å²) in [7, 11) is 0. The number of carbonyl (C=O) groups is 2. The van der Waals surface area contributed by atoms with Crippen LogP contribution in [0.3, 0.4) is 0 Å². The minimum atomic E-state index is -0.579. The van der Waals surface area contributed by atoms with Crippen LogP contribution in [-0.4, -0.2) is 23.5 Å². The molecule has 1 amide bonds. The highest BCUT2D eigenvalue weighted by Gasteiger charge is 2.11. The summed E-state index contributed by atoms with van der Waals surface area (Å²) < 4.78 is 15.7. The van der Waals surface area contributed by atoms with Gasteiger partial charge in [0.25, 0.3) is 5.91 Å². The zero-order chi connectivity index (χ0) is 19.1. The first-order chi connectivity index (χ1) is 13.1. The van der Waals surface area contributed by atoms with Crippen LogP contribution in [0.25, 0.3) is 0 Å². The van der Waals surface area contributed by atoms with Crippen LogP contribution in [0.1, 0.15) is 26.8 Å². The Morgan fingerprint density at radius 2 is 2.04 bits per heavy atom. The van der Waals surface area contributed by atoms with Gasteiger partial charge >= 0.3 is 5.97 Å². The maximum atomic E-state index is 12.0. The molecule has 1 N–H and O–H groups in total. The number of nitrogens with one attached hydrogen (secondary N) is 1. The van der Waals surface area contributed by atoms with E-state index in [1.54, 1.807) is 47.7 Å². The highest BCUT2D eigenvalue weighted by Crippen LogP contribution is 2.16. The Labute approximate surface area is 159 Å². The Kier molecular flexibility index (Phi) is 6.22. The lowest BCUT2D eigenvalue weighted by Crippen LogP contribution is -2.28. The van der Waals surface area contributed by atoms with Crippen molar-refractivity contribution in [1.29, 1.82) is 0 Å². The van der Waals surface area contributed by atoms with Gasteiger partial charge in [-0.15, -0.1) is 11.3 Å². The fourth-order valence-electron chi connectivity index (χ4n) is 2.18. The first-order valence-electron chi connectivity index (χ1n) is 8.20. The van der Waals surface area contributed by atoms with E-state index in [-0.39, 0.29) is 13.2 Å². The van der Waals surface area contributed by atoms with Crippen molar-refractivity contribution in [3.8, 4) is 5.75 Å². The van der Waals surface area contributed by atoms with Gasteiger partial charge in [-0.05, 0) is 43.3 Å². The molecule has 3 rings (SSSR count). The minimum absolute atomic E-state index is 0.244. The quantitative estimate of drug-likeness (QED) is 0.598. The Balaban J connectivity index is 1.42. The zero-order valence-corrected chi connectivity index (χ0v) is 15.5. The monoisotopic (exact) mass is 386 g/mol. The average Bonchev–Trinajstić information content (AvgIpc) is 3.34. The number of amides is 1. The molecule has 0 bridgehead atoms. The van der Waals surface area contributed by atoms with Crippen molar-refractivity contribution in [2.75, 3.05) is 6.61 Å². The van der Waals surface area contributed by atoms with E-state index in [2.05, 4.69) is 10.3 Å². The van der Waals surface area contributed by atoms with Gasteiger partial charge in [-0.2, -0.15) is 0 Å². The number of esters is 1. The van der Waals surface area contributed by atoms with Gasteiger partial charge in [0.05, 0.1) is 29.1 Å². The predicted molar refractivity (Wildman–Crippen MR) is 98.5 cm³/mol. The number of thiazole rings is 1. The van der Waals surface area contributed by atoms with E-state index in [0.717, 1.165) is 10.7 Å². The molecule has 27 heavy (non-hydrogen) atoms. The molecule has 7 nitrogen and oxygen atoms in total. The fourth-order valence-corrected chi connectivity index (χ4v) is 2.78. The number of nitrogens with zero attached hydrogens (tertiary/aromatic N) is 1. The van der Waals surface area contributed by atoms with Gasteiger partial charge in [0.15, 0.2) is 6.61 Å². The molecule has 2 aromatic heterocycles. The molecule has 0 unspecified atom stereocenters. The number of hydrogen-bond donors (Lipinski definition) is 1. The summed E-state index contributed by atoms with van der Waals surface area (Å²) in [4.78, 5) is 28.0. The molecule has 0 spiro atoms. The van der Waals surface area contributed by atoms with Crippen LogP contribution < -0.4 is 10.1 Å². The molecule has 0 saturated heterocycles. The van der Waals surface area contributed by atoms with Crippen LogP contribution in [0.2, 0.25) is 0 Å². The highest BCUT2D eigenvalue weighted by atomic mass is 32.1. The van der Waals surface area contributed by atoms with Gasteiger partial charge < -0.3 is 19.2 Å². The number of aromatic nitrogens is 1. The van der Waals surface area contributed by atoms with Crippen molar-refractivity contribution in [3.63, 3.8) is 0 Å². The summed E-state index contributed by atoms with van der Waals surface area (Å²) >= 11 is 1.57. The number of benzene rings is 1. The second-order valence-electron chi connectivity index (χ2n) is 5.60. The smallest absolute Gasteiger partial charge is 0.338 e. The van der Waals surface area contributed by atoms with Gasteiger partial charge in [0.2, 0.25) is 0 Å². The SMILES string of the molecule is Cc1nc(COc2ccc(C(=O)OCC(=O)NCc3ccco3)cc2)cs1. The molecular formula is C19H18N2O5S. The largest absolute Gasteiger partial charge is 0.487 e. The van der Waals surface area contributed by atoms with Gasteiger partial charge in [-0.1, -0.05) is 0 Å². The fraction of sp³-hybridized carbons (Fsp3) is 0.211. The van der Waals surface area contributed by atoms with E-state index < -0.39 is 11.9 Å². The maximum absolute atomic E-state index is 12.0. The topological polar surface area (TPSA) is 90.7 Å². The van der Waals surface area contributed by atoms with Crippen molar-refractivity contribution in [3.05, 3.63) is 70.1 Å². The third-order valence-corrected chi connectivity index (χ3v) is 4.34. The Morgan fingerprint density at radius 3 is 2.70 bits per heavy atom. The maximum Gasteiger partial charge on any atom is 0.338 e. The lowest BCUT2D eigenvalue weighted by molar-refractivity contribution is -0.124. The number of carbonyl (C=O) groups excluding carboxylic acids is 2. The molecule has 0 atom stereocenters. The third kappa shape index (κ3) is 5.68. The lowest BCUT2D eigenvalue weighted by Gasteiger charge is -2.07. The Morgan fingerprint density at radius 1 is 1.22 bits per heavy atom. The summed E-state index contributed by atoms with van der Waals surface area (Å²) in [5, 5.41) is 5.53. The van der Waals surface area contributed by atoms with Crippen molar-refractivity contribution < 1.29 is 23.5 Å². The standard InChI is InChI=1S/C19H18N2O5S/c1-13-21-15(12-27-13)10-25-16-6-4-14(5-7-16)19(23)26-11-18(22)20-9-17-3-2-8-24-17/h2-8,12H,9-11H2,1H3,(H,20,22). The van der Waals surface area contributed by atoms with E-state index in [9.17, 15) is 9.59 Å². The number of rotatable bonds is 8. The van der Waals surface area contributed by atoms with Gasteiger partial charge in [0, 0.05) is 5.38 Å². The summed E-state index contributed by atoms with van der Waals surface area (Å²) in [5.41, 5.74) is 1.20. The van der Waals surface area contributed by atoms with E-state index in [0.29, 0.717) is 23.7 Å². The van der Waals surface area contributed by atoms with Crippen LogP contribution in [0.5, 0.6) is 5.75 Å². The summed E-state index contributed by atoms with van der Waals surface area (Å²) in [6.45, 7) is 2.19. The van der Waals surface area contributed by atoms with E-state index in [1.807, 2.05) is 12.3 Å². The molecular weight excluding hydrogens is 368 g/mol. The number of hydrogen-bond acceptors (Lipinski definition) is 7. The van der Waals surface area contributed by atoms with Gasteiger partial charge in [-0.25, -0.2) is 9.78 Å². The molecule has 0 fully saturated rings. The van der Waals surface area contributed by atoms with Crippen LogP contribution in [-0.2, 0) is 22.7 Å². The minimum Gasteiger partial charge on any atom is -0.487 e. The van der Waals surface area contributed by atoms with E-state index in [4.69, 9.17) is 13.9 Å². The molecule has 0 saturated carbocycles. The zero-order valence-electron chi connectivity index (χ0n) is 14.6. The van der Waals surface area contributed by atoms with Crippen molar-refractivity contribution >= 4 is 23.2 Å². The molecule has 1 aromatic carbocycles. The van der Waals surface area contributed by atoms with Crippen LogP contribution >= 0.6 is 11.3 Å². The lowest BCUT2D eigenvalue weighted by atomic mass is 10.2. The molecule has 0 radical (unpaired) electrons. The molecule has 8 heteroatoms. The summed E-state index contributed by atoms with van der Waals surface area (Å²) in [6.07, 6.45) is 1.52. The van der Waals surface area contributed by atoms with Crippen molar-refractivity contribution in [2.45, 2.75) is 20.1 Å². The predicted octanol–water partition coefficient (Wildman–Crippen LogP) is 3.10. The van der Waals surface area contributed by atoms with Gasteiger partial charge in [0.1, 0.15) is 18.1 Å². The van der Waals surface area contributed by atoms with E-state index in [1.165, 1.54) is 6.26 Å². The average molecular weight is 386 g/mol. The van der Waals surface area contributed by atoms with Crippen molar-refractivity contribution in [2.24, 2.45) is 0 Å². The first kappa shape index (κ1) is 18.7. The van der Waals surface area contributed by atoms with Crippen LogP contribution in [0, 0.1) is 6.92 Å². The normalized spacial score (nSPS) is 10.4. The Hall–Kier alpha value is -3.13. The van der Waals surface area contributed by atoms with Crippen LogP contribution in [0.15, 0.2) is 52.5 Å². The molecule has 0 aliphatic heterocycles. The second-order valence-corrected chi connectivity index (χ2v) is 6.67. The number of aryl methyl sites for hydroxylation is 1. The first-order valence-corrected chi connectivity index (χ1v) is 9.08. The number of furan rings is 1. The molecule has 140 valence electrons. The summed E-state index contributed by atoms with van der Waals surface area (Å²) in [6, 6.07) is 9.99. The second kappa shape index (κ2) is 9.00. The Bertz CT molecular complexity index is 887. The molecule has 3 aromatic rings. The third-order valence-electron chi connectivity index (χ3n) is 3.52. The highest BCUT2D eigenvalue weighted by molar-refractivity contribution is 7.09. The molecule has 0 aliphatic carbocycles. The number of ether oxygens (including phenoxy) is 2.